The van der Waals surface area contributed by atoms with Gasteiger partial charge in [-0.1, -0.05) is 44.2 Å². The third-order valence-corrected chi connectivity index (χ3v) is 2.24. The van der Waals surface area contributed by atoms with Crippen LogP contribution in [0, 0.1) is 5.92 Å². The molecule has 1 aromatic carbocycles. The molecule has 0 aliphatic carbocycles. The number of aliphatic carboxylic acids is 1. The van der Waals surface area contributed by atoms with Crippen LogP contribution < -0.4 is 5.73 Å². The molecule has 0 aliphatic rings. The Balaban J connectivity index is 0.000000331. The van der Waals surface area contributed by atoms with Crippen molar-refractivity contribution in [3.8, 4) is 0 Å². The average molecular weight is 253 g/mol. The molecule has 0 saturated carbocycles. The predicted molar refractivity (Wildman–Crippen MR) is 68.3 cm³/mol. The van der Waals surface area contributed by atoms with Crippen LogP contribution in [-0.2, 0) is 4.79 Å². The molecule has 0 aromatic heterocycles. The van der Waals surface area contributed by atoms with Crippen LogP contribution in [0.4, 0.5) is 0 Å². The molecule has 100 valence electrons. The van der Waals surface area contributed by atoms with E-state index < -0.39 is 18.6 Å². The molecule has 1 aromatic rings. The number of rotatable bonds is 4. The summed E-state index contributed by atoms with van der Waals surface area (Å²) in [4.78, 5) is 20.8. The van der Waals surface area contributed by atoms with Gasteiger partial charge in [0.1, 0.15) is 12.6 Å². The van der Waals surface area contributed by atoms with E-state index in [2.05, 4.69) is 0 Å². The molecule has 0 spiro atoms. The molecular formula is C13H19NO4. The van der Waals surface area contributed by atoms with E-state index in [0.717, 1.165) is 0 Å². The summed E-state index contributed by atoms with van der Waals surface area (Å²) < 4.78 is 0. The van der Waals surface area contributed by atoms with Crippen molar-refractivity contribution in [1.29, 1.82) is 0 Å². The Kier molecular flexibility index (Phi) is 7.58. The first-order valence-electron chi connectivity index (χ1n) is 5.57. The van der Waals surface area contributed by atoms with Crippen molar-refractivity contribution in [2.75, 3.05) is 6.61 Å². The number of benzene rings is 1. The minimum absolute atomic E-state index is 0.0208. The Labute approximate surface area is 106 Å². The Morgan fingerprint density at radius 3 is 2.00 bits per heavy atom. The molecule has 0 heterocycles. The lowest BCUT2D eigenvalue weighted by molar-refractivity contribution is -0.139. The lowest BCUT2D eigenvalue weighted by atomic mass is 10.1. The highest BCUT2D eigenvalue weighted by atomic mass is 16.4. The van der Waals surface area contributed by atoms with Gasteiger partial charge in [0.25, 0.3) is 0 Å². The van der Waals surface area contributed by atoms with E-state index in [4.69, 9.17) is 15.9 Å². The van der Waals surface area contributed by atoms with Gasteiger partial charge in [-0.3, -0.25) is 9.59 Å². The van der Waals surface area contributed by atoms with Crippen LogP contribution in [-0.4, -0.2) is 34.6 Å². The van der Waals surface area contributed by atoms with E-state index in [0.29, 0.717) is 5.56 Å². The summed E-state index contributed by atoms with van der Waals surface area (Å²) in [6.07, 6.45) is 0. The zero-order chi connectivity index (χ0) is 14.1. The van der Waals surface area contributed by atoms with Crippen LogP contribution in [0.1, 0.15) is 24.2 Å². The number of Topliss-reactive ketones (excluding diaryl/α,β-unsaturated/α-hetero) is 1. The normalized spacial score (nSPS) is 11.4. The van der Waals surface area contributed by atoms with Crippen molar-refractivity contribution in [3.05, 3.63) is 35.9 Å². The maximum atomic E-state index is 10.8. The van der Waals surface area contributed by atoms with Gasteiger partial charge in [0.15, 0.2) is 5.78 Å². The minimum atomic E-state index is -0.931. The summed E-state index contributed by atoms with van der Waals surface area (Å²) in [6, 6.07) is 8.01. The quantitative estimate of drug-likeness (QED) is 0.693. The summed E-state index contributed by atoms with van der Waals surface area (Å²) in [7, 11) is 0. The molecule has 0 unspecified atom stereocenters. The van der Waals surface area contributed by atoms with Crippen LogP contribution in [0.5, 0.6) is 0 Å². The molecular weight excluding hydrogens is 234 g/mol. The molecule has 0 fully saturated rings. The van der Waals surface area contributed by atoms with Crippen LogP contribution in [0.25, 0.3) is 0 Å². The fourth-order valence-corrected chi connectivity index (χ4v) is 1.00. The number of carboxylic acid groups (broad SMARTS) is 1. The Hall–Kier alpha value is -1.72. The summed E-state index contributed by atoms with van der Waals surface area (Å²) in [6.45, 7) is 3.14. The van der Waals surface area contributed by atoms with E-state index in [1.54, 1.807) is 38.1 Å². The number of hydrogen-bond acceptors (Lipinski definition) is 4. The third kappa shape index (κ3) is 6.12. The van der Waals surface area contributed by atoms with E-state index in [-0.39, 0.29) is 11.7 Å². The van der Waals surface area contributed by atoms with E-state index >= 15 is 0 Å². The van der Waals surface area contributed by atoms with Crippen LogP contribution in [0.15, 0.2) is 30.3 Å². The maximum Gasteiger partial charge on any atom is 0.320 e. The number of carboxylic acids is 1. The Morgan fingerprint density at radius 2 is 1.72 bits per heavy atom. The molecule has 5 nitrogen and oxygen atoms in total. The van der Waals surface area contributed by atoms with Gasteiger partial charge in [0.2, 0.25) is 0 Å². The second-order valence-electron chi connectivity index (χ2n) is 4.06. The molecule has 5 heteroatoms. The van der Waals surface area contributed by atoms with Gasteiger partial charge >= 0.3 is 5.97 Å². The standard InChI is InChI=1S/C8H8O2.C5H11NO2/c9-6-8(10)7-4-2-1-3-5-7;1-3(2)4(6)5(7)8/h1-5,9H,6H2;3-4H,6H2,1-2H3,(H,7,8)/t;4-/m.0/s1. The number of ketones is 1. The summed E-state index contributed by atoms with van der Waals surface area (Å²) in [5.74, 6) is -1.15. The Morgan fingerprint density at radius 1 is 1.22 bits per heavy atom. The SMILES string of the molecule is CC(C)[C@H](N)C(=O)O.O=C(CO)c1ccccc1. The lowest BCUT2D eigenvalue weighted by Crippen LogP contribution is -2.34. The third-order valence-electron chi connectivity index (χ3n) is 2.24. The van der Waals surface area contributed by atoms with Crippen molar-refractivity contribution in [1.82, 2.24) is 0 Å². The number of aliphatic hydroxyl groups is 1. The zero-order valence-electron chi connectivity index (χ0n) is 10.5. The topological polar surface area (TPSA) is 101 Å². The van der Waals surface area contributed by atoms with Crippen molar-refractivity contribution in [2.45, 2.75) is 19.9 Å². The van der Waals surface area contributed by atoms with Crippen LogP contribution in [0.2, 0.25) is 0 Å². The van der Waals surface area contributed by atoms with Gasteiger partial charge in [-0.15, -0.1) is 0 Å². The van der Waals surface area contributed by atoms with Crippen molar-refractivity contribution < 1.29 is 19.8 Å². The smallest absolute Gasteiger partial charge is 0.320 e. The second-order valence-corrected chi connectivity index (χ2v) is 4.06. The monoisotopic (exact) mass is 253 g/mol. The zero-order valence-corrected chi connectivity index (χ0v) is 10.5. The van der Waals surface area contributed by atoms with E-state index in [1.807, 2.05) is 6.07 Å². The molecule has 18 heavy (non-hydrogen) atoms. The first-order valence-corrected chi connectivity index (χ1v) is 5.57. The maximum absolute atomic E-state index is 10.8. The molecule has 1 atom stereocenters. The number of hydrogen-bond donors (Lipinski definition) is 3. The van der Waals surface area contributed by atoms with Gasteiger partial charge in [-0.05, 0) is 5.92 Å². The largest absolute Gasteiger partial charge is 0.480 e. The van der Waals surface area contributed by atoms with Gasteiger partial charge in [-0.2, -0.15) is 0 Å². The highest BCUT2D eigenvalue weighted by molar-refractivity contribution is 5.96. The number of carbonyl (C=O) groups is 2. The minimum Gasteiger partial charge on any atom is -0.480 e. The summed E-state index contributed by atoms with van der Waals surface area (Å²) in [5, 5.41) is 16.7. The molecule has 1 rings (SSSR count). The second kappa shape index (κ2) is 8.38. The first-order chi connectivity index (χ1) is 8.40. The highest BCUT2D eigenvalue weighted by Gasteiger charge is 2.14. The molecule has 0 bridgehead atoms. The average Bonchev–Trinajstić information content (AvgIpc) is 2.38. The molecule has 0 saturated heterocycles. The van der Waals surface area contributed by atoms with Gasteiger partial charge in [0, 0.05) is 5.56 Å². The lowest BCUT2D eigenvalue weighted by Gasteiger charge is -2.07. The molecule has 0 aliphatic heterocycles. The van der Waals surface area contributed by atoms with E-state index in [9.17, 15) is 9.59 Å². The molecule has 0 radical (unpaired) electrons. The molecule has 4 N–H and O–H groups in total. The van der Waals surface area contributed by atoms with Crippen molar-refractivity contribution in [2.24, 2.45) is 11.7 Å². The van der Waals surface area contributed by atoms with Crippen LogP contribution >= 0.6 is 0 Å². The van der Waals surface area contributed by atoms with Crippen molar-refractivity contribution in [3.63, 3.8) is 0 Å². The fraction of sp³-hybridized carbons (Fsp3) is 0.385. The van der Waals surface area contributed by atoms with Crippen molar-refractivity contribution >= 4 is 11.8 Å². The van der Waals surface area contributed by atoms with Gasteiger partial charge in [0.05, 0.1) is 0 Å². The van der Waals surface area contributed by atoms with E-state index in [1.165, 1.54) is 0 Å². The van der Waals surface area contributed by atoms with Gasteiger partial charge < -0.3 is 15.9 Å². The fourth-order valence-electron chi connectivity index (χ4n) is 1.00. The highest BCUT2D eigenvalue weighted by Crippen LogP contribution is 1.98. The number of aliphatic hydroxyl groups excluding tert-OH is 1. The number of nitrogens with two attached hydrogens (primary N) is 1. The van der Waals surface area contributed by atoms with Gasteiger partial charge in [-0.25, -0.2) is 0 Å². The first kappa shape index (κ1) is 16.3. The summed E-state index contributed by atoms with van der Waals surface area (Å²) in [5.41, 5.74) is 5.72. The van der Waals surface area contributed by atoms with Crippen LogP contribution in [0.3, 0.4) is 0 Å². The number of carbonyl (C=O) groups excluding carboxylic acids is 1. The predicted octanol–water partition coefficient (Wildman–Crippen LogP) is 0.916. The Bertz CT molecular complexity index is 376. The molecule has 0 amide bonds. The summed E-state index contributed by atoms with van der Waals surface area (Å²) >= 11 is 0.